The van der Waals surface area contributed by atoms with Crippen LogP contribution in [0.2, 0.25) is 0 Å². The molecule has 1 aromatic rings. The van der Waals surface area contributed by atoms with Crippen LogP contribution >= 0.6 is 0 Å². The molecule has 2 unspecified atom stereocenters. The molecule has 23 heavy (non-hydrogen) atoms. The van der Waals surface area contributed by atoms with Crippen LogP contribution in [0.25, 0.3) is 0 Å². The van der Waals surface area contributed by atoms with Gasteiger partial charge in [-0.3, -0.25) is 4.79 Å². The van der Waals surface area contributed by atoms with Crippen molar-refractivity contribution in [1.82, 2.24) is 4.90 Å². The third-order valence-electron chi connectivity index (χ3n) is 4.41. The first-order valence-electron chi connectivity index (χ1n) is 8.22. The van der Waals surface area contributed by atoms with Crippen LogP contribution in [-0.4, -0.2) is 38.1 Å². The minimum Gasteiger partial charge on any atom is -0.493 e. The number of hydrogen-bond donors (Lipinski definition) is 1. The van der Waals surface area contributed by atoms with Gasteiger partial charge in [0.1, 0.15) is 0 Å². The fourth-order valence-corrected chi connectivity index (χ4v) is 3.52. The van der Waals surface area contributed by atoms with Gasteiger partial charge in [0.25, 0.3) is 0 Å². The van der Waals surface area contributed by atoms with Gasteiger partial charge in [0, 0.05) is 36.8 Å². The molecule has 5 heteroatoms. The lowest BCUT2D eigenvalue weighted by Crippen LogP contribution is -2.42. The Kier molecular flexibility index (Phi) is 5.74. The number of carbonyl (C=O) groups is 1. The van der Waals surface area contributed by atoms with Gasteiger partial charge in [-0.25, -0.2) is 0 Å². The third-order valence-corrected chi connectivity index (χ3v) is 4.41. The summed E-state index contributed by atoms with van der Waals surface area (Å²) in [6.07, 6.45) is 2.26. The van der Waals surface area contributed by atoms with Crippen molar-refractivity contribution >= 4 is 11.6 Å². The minimum absolute atomic E-state index is 0.201. The molecule has 1 aliphatic rings. The Labute approximate surface area is 138 Å². The lowest BCUT2D eigenvalue weighted by Gasteiger charge is -2.35. The Hall–Kier alpha value is -1.91. The fourth-order valence-electron chi connectivity index (χ4n) is 3.52. The molecule has 2 N–H and O–H groups in total. The smallest absolute Gasteiger partial charge is 0.222 e. The van der Waals surface area contributed by atoms with E-state index in [-0.39, 0.29) is 5.91 Å². The molecule has 128 valence electrons. The Morgan fingerprint density at radius 2 is 1.87 bits per heavy atom. The molecule has 5 nitrogen and oxygen atoms in total. The summed E-state index contributed by atoms with van der Waals surface area (Å²) in [6, 6.07) is 3.59. The van der Waals surface area contributed by atoms with E-state index >= 15 is 0 Å². The maximum absolute atomic E-state index is 12.5. The highest BCUT2D eigenvalue weighted by Gasteiger charge is 2.25. The number of rotatable bonds is 5. The first kappa shape index (κ1) is 17.4. The van der Waals surface area contributed by atoms with Crippen molar-refractivity contribution in [2.75, 3.05) is 33.0 Å². The van der Waals surface area contributed by atoms with Crippen LogP contribution in [0.4, 0.5) is 5.69 Å². The number of ether oxygens (including phenoxy) is 2. The molecule has 2 rings (SSSR count). The van der Waals surface area contributed by atoms with Crippen LogP contribution in [0, 0.1) is 11.8 Å². The van der Waals surface area contributed by atoms with Crippen LogP contribution < -0.4 is 15.2 Å². The highest BCUT2D eigenvalue weighted by Crippen LogP contribution is 2.34. The van der Waals surface area contributed by atoms with E-state index in [2.05, 4.69) is 13.8 Å². The van der Waals surface area contributed by atoms with Gasteiger partial charge in [-0.15, -0.1) is 0 Å². The van der Waals surface area contributed by atoms with Gasteiger partial charge in [-0.1, -0.05) is 13.8 Å². The summed E-state index contributed by atoms with van der Waals surface area (Å²) in [7, 11) is 3.19. The Morgan fingerprint density at radius 1 is 1.22 bits per heavy atom. The van der Waals surface area contributed by atoms with E-state index in [0.717, 1.165) is 18.7 Å². The predicted molar refractivity (Wildman–Crippen MR) is 91.8 cm³/mol. The first-order valence-corrected chi connectivity index (χ1v) is 8.22. The molecule has 1 fully saturated rings. The van der Waals surface area contributed by atoms with E-state index < -0.39 is 0 Å². The lowest BCUT2D eigenvalue weighted by atomic mass is 9.91. The number of amides is 1. The number of carbonyl (C=O) groups excluding carboxylic acids is 1. The Bertz CT molecular complexity index is 549. The molecular formula is C18H28N2O3. The molecule has 1 heterocycles. The summed E-state index contributed by atoms with van der Waals surface area (Å²) < 4.78 is 10.7. The SMILES string of the molecule is COc1cc(N)cc(CCC(=O)N2CC(C)CC(C)C2)c1OC. The molecule has 0 saturated carbocycles. The van der Waals surface area contributed by atoms with E-state index in [0.29, 0.717) is 41.9 Å². The number of nitrogens with zero attached hydrogens (tertiary/aromatic N) is 1. The number of likely N-dealkylation sites (tertiary alicyclic amines) is 1. The topological polar surface area (TPSA) is 64.8 Å². The van der Waals surface area contributed by atoms with E-state index in [9.17, 15) is 4.79 Å². The maximum Gasteiger partial charge on any atom is 0.222 e. The largest absolute Gasteiger partial charge is 0.493 e. The number of hydrogen-bond acceptors (Lipinski definition) is 4. The van der Waals surface area contributed by atoms with E-state index in [1.807, 2.05) is 11.0 Å². The number of methoxy groups -OCH3 is 2. The molecule has 0 aliphatic carbocycles. The number of benzene rings is 1. The predicted octanol–water partition coefficient (Wildman–Crippen LogP) is 2.72. The van der Waals surface area contributed by atoms with Crippen molar-refractivity contribution < 1.29 is 14.3 Å². The molecule has 2 atom stereocenters. The van der Waals surface area contributed by atoms with Crippen LogP contribution in [0.5, 0.6) is 11.5 Å². The van der Waals surface area contributed by atoms with E-state index in [1.54, 1.807) is 20.3 Å². The number of piperidine rings is 1. The monoisotopic (exact) mass is 320 g/mol. The highest BCUT2D eigenvalue weighted by atomic mass is 16.5. The average Bonchev–Trinajstić information content (AvgIpc) is 2.50. The number of nitrogen functional groups attached to an aromatic ring is 1. The molecule has 1 amide bonds. The standard InChI is InChI=1S/C18H28N2O3/c1-12-7-13(2)11-20(10-12)17(21)6-5-14-8-15(19)9-16(22-3)18(14)23-4/h8-9,12-13H,5-7,10-11,19H2,1-4H3. The molecule has 1 aromatic carbocycles. The Balaban J connectivity index is 2.05. The van der Waals surface area contributed by atoms with Crippen molar-refractivity contribution in [3.8, 4) is 11.5 Å². The van der Waals surface area contributed by atoms with Crippen LogP contribution in [-0.2, 0) is 11.2 Å². The van der Waals surface area contributed by atoms with Crippen molar-refractivity contribution in [3.05, 3.63) is 17.7 Å². The number of aryl methyl sites for hydroxylation is 1. The first-order chi connectivity index (χ1) is 10.9. The number of nitrogens with two attached hydrogens (primary N) is 1. The summed E-state index contributed by atoms with van der Waals surface area (Å²) >= 11 is 0. The molecule has 0 aromatic heterocycles. The van der Waals surface area contributed by atoms with Crippen LogP contribution in [0.15, 0.2) is 12.1 Å². The second kappa shape index (κ2) is 7.57. The lowest BCUT2D eigenvalue weighted by molar-refractivity contribution is -0.133. The normalized spacial score (nSPS) is 21.1. The van der Waals surface area contributed by atoms with Gasteiger partial charge in [-0.2, -0.15) is 0 Å². The van der Waals surface area contributed by atoms with Crippen LogP contribution in [0.3, 0.4) is 0 Å². The zero-order valence-corrected chi connectivity index (χ0v) is 14.6. The zero-order valence-electron chi connectivity index (χ0n) is 14.6. The molecule has 0 spiro atoms. The second-order valence-corrected chi connectivity index (χ2v) is 6.66. The number of anilines is 1. The molecule has 0 bridgehead atoms. The summed E-state index contributed by atoms with van der Waals surface area (Å²) in [5, 5.41) is 0. The fraction of sp³-hybridized carbons (Fsp3) is 0.611. The van der Waals surface area contributed by atoms with Gasteiger partial charge in [0.15, 0.2) is 11.5 Å². The van der Waals surface area contributed by atoms with Crippen molar-refractivity contribution in [2.45, 2.75) is 33.1 Å². The minimum atomic E-state index is 0.201. The second-order valence-electron chi connectivity index (χ2n) is 6.66. The Morgan fingerprint density at radius 3 is 2.43 bits per heavy atom. The average molecular weight is 320 g/mol. The van der Waals surface area contributed by atoms with Gasteiger partial charge in [-0.05, 0) is 30.7 Å². The molecular weight excluding hydrogens is 292 g/mol. The molecule has 1 saturated heterocycles. The van der Waals surface area contributed by atoms with E-state index in [4.69, 9.17) is 15.2 Å². The third kappa shape index (κ3) is 4.30. The van der Waals surface area contributed by atoms with Gasteiger partial charge < -0.3 is 20.1 Å². The van der Waals surface area contributed by atoms with E-state index in [1.165, 1.54) is 6.42 Å². The van der Waals surface area contributed by atoms with Gasteiger partial charge >= 0.3 is 0 Å². The quantitative estimate of drug-likeness (QED) is 0.847. The van der Waals surface area contributed by atoms with Crippen molar-refractivity contribution in [1.29, 1.82) is 0 Å². The van der Waals surface area contributed by atoms with Gasteiger partial charge in [0.2, 0.25) is 5.91 Å². The summed E-state index contributed by atoms with van der Waals surface area (Å²) in [5.41, 5.74) is 7.44. The summed E-state index contributed by atoms with van der Waals surface area (Å²) in [6.45, 7) is 6.14. The van der Waals surface area contributed by atoms with Gasteiger partial charge in [0.05, 0.1) is 14.2 Å². The molecule has 0 radical (unpaired) electrons. The highest BCUT2D eigenvalue weighted by molar-refractivity contribution is 5.77. The van der Waals surface area contributed by atoms with Crippen LogP contribution in [0.1, 0.15) is 32.3 Å². The zero-order chi connectivity index (χ0) is 17.0. The summed E-state index contributed by atoms with van der Waals surface area (Å²) in [4.78, 5) is 14.5. The van der Waals surface area contributed by atoms with Crippen molar-refractivity contribution in [3.63, 3.8) is 0 Å². The summed E-state index contributed by atoms with van der Waals surface area (Å²) in [5.74, 6) is 2.62. The molecule has 1 aliphatic heterocycles. The van der Waals surface area contributed by atoms with Crippen molar-refractivity contribution in [2.24, 2.45) is 11.8 Å². The maximum atomic E-state index is 12.5.